The number of amides is 1. The number of aryl methyl sites for hydroxylation is 1. The highest BCUT2D eigenvalue weighted by Gasteiger charge is 2.23. The molecule has 98 valence electrons. The molecule has 1 atom stereocenters. The zero-order valence-electron chi connectivity index (χ0n) is 11.0. The number of hydrogen-bond acceptors (Lipinski definition) is 4. The van der Waals surface area contributed by atoms with Gasteiger partial charge >= 0.3 is 0 Å². The van der Waals surface area contributed by atoms with E-state index in [1.54, 1.807) is 0 Å². The third kappa shape index (κ3) is 3.50. The highest BCUT2D eigenvalue weighted by Crippen LogP contribution is 2.15. The van der Waals surface area contributed by atoms with Gasteiger partial charge in [-0.25, -0.2) is 9.97 Å². The fourth-order valence-corrected chi connectivity index (χ4v) is 2.31. The lowest BCUT2D eigenvalue weighted by Crippen LogP contribution is -2.41. The van der Waals surface area contributed by atoms with Crippen LogP contribution in [0.25, 0.3) is 0 Å². The number of hydrogen-bond donors (Lipinski definition) is 1. The molecule has 1 saturated heterocycles. The average molecular weight is 248 g/mol. The summed E-state index contributed by atoms with van der Waals surface area (Å²) in [6, 6.07) is 1.90. The number of carbonyl (C=O) groups excluding carboxylic acids is 1. The summed E-state index contributed by atoms with van der Waals surface area (Å²) in [7, 11) is 2.06. The first-order valence-corrected chi connectivity index (χ1v) is 6.39. The van der Waals surface area contributed by atoms with Crippen molar-refractivity contribution in [3.8, 4) is 0 Å². The second-order valence-electron chi connectivity index (χ2n) is 4.97. The molecule has 1 amide bonds. The van der Waals surface area contributed by atoms with Crippen LogP contribution in [0.5, 0.6) is 0 Å². The first-order valence-electron chi connectivity index (χ1n) is 6.39. The second-order valence-corrected chi connectivity index (χ2v) is 4.97. The van der Waals surface area contributed by atoms with Crippen molar-refractivity contribution in [2.45, 2.75) is 26.3 Å². The molecule has 1 fully saturated rings. The van der Waals surface area contributed by atoms with Gasteiger partial charge in [0.15, 0.2) is 0 Å². The number of likely N-dealkylation sites (tertiary alicyclic amines) is 1. The molecule has 1 aromatic heterocycles. The van der Waals surface area contributed by atoms with Gasteiger partial charge < -0.3 is 10.2 Å². The molecule has 5 heteroatoms. The van der Waals surface area contributed by atoms with Gasteiger partial charge in [0.05, 0.1) is 18.2 Å². The molecular formula is C13H20N4O. The van der Waals surface area contributed by atoms with Gasteiger partial charge in [-0.05, 0) is 39.4 Å². The molecule has 2 rings (SSSR count). The Kier molecular flexibility index (Phi) is 4.25. The Hall–Kier alpha value is -1.49. The van der Waals surface area contributed by atoms with Crippen LogP contribution in [0.3, 0.4) is 0 Å². The van der Waals surface area contributed by atoms with Crippen molar-refractivity contribution >= 4 is 5.91 Å². The molecule has 18 heavy (non-hydrogen) atoms. The molecule has 1 unspecified atom stereocenters. The van der Waals surface area contributed by atoms with E-state index >= 15 is 0 Å². The number of rotatable bonds is 3. The molecule has 1 aromatic rings. The Labute approximate surface area is 108 Å². The predicted molar refractivity (Wildman–Crippen MR) is 68.8 cm³/mol. The lowest BCUT2D eigenvalue weighted by molar-refractivity contribution is -0.126. The standard InChI is InChI=1S/C13H20N4O/c1-10-6-12(16-9-15-10)7-14-13(18)11-4-3-5-17(2)8-11/h6,9,11H,3-5,7-8H2,1-2H3,(H,14,18). The summed E-state index contributed by atoms with van der Waals surface area (Å²) in [5.74, 6) is 0.254. The highest BCUT2D eigenvalue weighted by atomic mass is 16.1. The van der Waals surface area contributed by atoms with Crippen LogP contribution in [-0.4, -0.2) is 40.9 Å². The van der Waals surface area contributed by atoms with Gasteiger partial charge in [-0.3, -0.25) is 4.79 Å². The van der Waals surface area contributed by atoms with Gasteiger partial charge in [-0.2, -0.15) is 0 Å². The van der Waals surface area contributed by atoms with Crippen LogP contribution in [-0.2, 0) is 11.3 Å². The second kappa shape index (κ2) is 5.91. The lowest BCUT2D eigenvalue weighted by Gasteiger charge is -2.28. The smallest absolute Gasteiger partial charge is 0.224 e. The quantitative estimate of drug-likeness (QED) is 0.857. The summed E-state index contributed by atoms with van der Waals surface area (Å²) in [6.45, 7) is 4.36. The molecule has 1 aliphatic rings. The van der Waals surface area contributed by atoms with Crippen LogP contribution < -0.4 is 5.32 Å². The normalized spacial score (nSPS) is 20.7. The third-order valence-electron chi connectivity index (χ3n) is 3.30. The first kappa shape index (κ1) is 13.0. The summed E-state index contributed by atoms with van der Waals surface area (Å²) in [6.07, 6.45) is 3.62. The minimum atomic E-state index is 0.117. The van der Waals surface area contributed by atoms with E-state index in [1.807, 2.05) is 13.0 Å². The summed E-state index contributed by atoms with van der Waals surface area (Å²) >= 11 is 0. The van der Waals surface area contributed by atoms with Gasteiger partial charge in [0.2, 0.25) is 5.91 Å². The maximum Gasteiger partial charge on any atom is 0.224 e. The van der Waals surface area contributed by atoms with Crippen LogP contribution in [0, 0.1) is 12.8 Å². The molecule has 2 heterocycles. The Morgan fingerprint density at radius 2 is 2.39 bits per heavy atom. The van der Waals surface area contributed by atoms with Gasteiger partial charge in [-0.1, -0.05) is 0 Å². The molecule has 0 bridgehead atoms. The largest absolute Gasteiger partial charge is 0.350 e. The molecule has 0 spiro atoms. The minimum absolute atomic E-state index is 0.117. The van der Waals surface area contributed by atoms with Gasteiger partial charge in [-0.15, -0.1) is 0 Å². The Bertz CT molecular complexity index is 421. The average Bonchev–Trinajstić information content (AvgIpc) is 2.36. The molecule has 1 N–H and O–H groups in total. The third-order valence-corrected chi connectivity index (χ3v) is 3.30. The van der Waals surface area contributed by atoms with E-state index in [2.05, 4.69) is 27.2 Å². The fraction of sp³-hybridized carbons (Fsp3) is 0.615. The Morgan fingerprint density at radius 3 is 3.11 bits per heavy atom. The lowest BCUT2D eigenvalue weighted by atomic mass is 9.97. The minimum Gasteiger partial charge on any atom is -0.350 e. The van der Waals surface area contributed by atoms with Crippen LogP contribution in [0.4, 0.5) is 0 Å². The van der Waals surface area contributed by atoms with E-state index in [-0.39, 0.29) is 11.8 Å². The van der Waals surface area contributed by atoms with E-state index < -0.39 is 0 Å². The number of piperidine rings is 1. The molecule has 0 radical (unpaired) electrons. The fourth-order valence-electron chi connectivity index (χ4n) is 2.31. The topological polar surface area (TPSA) is 58.1 Å². The van der Waals surface area contributed by atoms with E-state index in [9.17, 15) is 4.79 Å². The van der Waals surface area contributed by atoms with Crippen LogP contribution in [0.1, 0.15) is 24.2 Å². The molecule has 5 nitrogen and oxygen atoms in total. The maximum atomic E-state index is 12.0. The molecule has 1 aliphatic heterocycles. The number of nitrogens with one attached hydrogen (secondary N) is 1. The molecule has 0 aromatic carbocycles. The van der Waals surface area contributed by atoms with Crippen molar-refractivity contribution in [3.63, 3.8) is 0 Å². The van der Waals surface area contributed by atoms with Crippen LogP contribution in [0.15, 0.2) is 12.4 Å². The number of carbonyl (C=O) groups is 1. The van der Waals surface area contributed by atoms with Crippen molar-refractivity contribution in [3.05, 3.63) is 23.8 Å². The molecular weight excluding hydrogens is 228 g/mol. The molecule has 0 saturated carbocycles. The van der Waals surface area contributed by atoms with E-state index in [0.29, 0.717) is 6.54 Å². The Balaban J connectivity index is 1.84. The van der Waals surface area contributed by atoms with E-state index in [1.165, 1.54) is 6.33 Å². The zero-order valence-corrected chi connectivity index (χ0v) is 11.0. The van der Waals surface area contributed by atoms with Crippen molar-refractivity contribution in [1.29, 1.82) is 0 Å². The monoisotopic (exact) mass is 248 g/mol. The van der Waals surface area contributed by atoms with Crippen molar-refractivity contribution in [2.75, 3.05) is 20.1 Å². The summed E-state index contributed by atoms with van der Waals surface area (Å²) < 4.78 is 0. The van der Waals surface area contributed by atoms with Gasteiger partial charge in [0.1, 0.15) is 6.33 Å². The van der Waals surface area contributed by atoms with Crippen molar-refractivity contribution in [1.82, 2.24) is 20.2 Å². The summed E-state index contributed by atoms with van der Waals surface area (Å²) in [5.41, 5.74) is 1.78. The number of nitrogens with zero attached hydrogens (tertiary/aromatic N) is 3. The summed E-state index contributed by atoms with van der Waals surface area (Å²) in [4.78, 5) is 22.4. The van der Waals surface area contributed by atoms with E-state index in [4.69, 9.17) is 0 Å². The van der Waals surface area contributed by atoms with Crippen molar-refractivity contribution in [2.24, 2.45) is 5.92 Å². The Morgan fingerprint density at radius 1 is 1.56 bits per heavy atom. The van der Waals surface area contributed by atoms with Crippen LogP contribution >= 0.6 is 0 Å². The van der Waals surface area contributed by atoms with Gasteiger partial charge in [0, 0.05) is 12.2 Å². The van der Waals surface area contributed by atoms with Crippen molar-refractivity contribution < 1.29 is 4.79 Å². The zero-order chi connectivity index (χ0) is 13.0. The van der Waals surface area contributed by atoms with E-state index in [0.717, 1.165) is 37.3 Å². The number of aromatic nitrogens is 2. The first-order chi connectivity index (χ1) is 8.65. The SMILES string of the molecule is Cc1cc(CNC(=O)C2CCCN(C)C2)ncn1. The van der Waals surface area contributed by atoms with Gasteiger partial charge in [0.25, 0.3) is 0 Å². The highest BCUT2D eigenvalue weighted by molar-refractivity contribution is 5.78. The molecule has 0 aliphatic carbocycles. The summed E-state index contributed by atoms with van der Waals surface area (Å²) in [5, 5.41) is 2.96. The maximum absolute atomic E-state index is 12.0. The van der Waals surface area contributed by atoms with Crippen LogP contribution in [0.2, 0.25) is 0 Å². The predicted octanol–water partition coefficient (Wildman–Crippen LogP) is 0.743.